The SMILES string of the molecule is CCNc1cc(Sc2ccccn2)ccn1. The average molecular weight is 231 g/mol. The van der Waals surface area contributed by atoms with E-state index in [-0.39, 0.29) is 0 Å². The van der Waals surface area contributed by atoms with Crippen molar-refractivity contribution < 1.29 is 0 Å². The van der Waals surface area contributed by atoms with Crippen molar-refractivity contribution in [3.8, 4) is 0 Å². The Morgan fingerprint density at radius 3 is 2.88 bits per heavy atom. The number of nitrogens with zero attached hydrogens (tertiary/aromatic N) is 2. The molecule has 0 bridgehead atoms. The van der Waals surface area contributed by atoms with Crippen LogP contribution in [0.1, 0.15) is 6.92 Å². The summed E-state index contributed by atoms with van der Waals surface area (Å²) in [5, 5.41) is 4.19. The van der Waals surface area contributed by atoms with Gasteiger partial charge in [-0.05, 0) is 31.2 Å². The molecular formula is C12H13N3S. The van der Waals surface area contributed by atoms with Crippen molar-refractivity contribution >= 4 is 17.6 Å². The van der Waals surface area contributed by atoms with E-state index in [0.29, 0.717) is 0 Å². The number of anilines is 1. The largest absolute Gasteiger partial charge is 0.370 e. The molecule has 0 saturated heterocycles. The second kappa shape index (κ2) is 5.51. The summed E-state index contributed by atoms with van der Waals surface area (Å²) in [6, 6.07) is 9.92. The van der Waals surface area contributed by atoms with Crippen molar-refractivity contribution in [1.29, 1.82) is 0 Å². The standard InChI is InChI=1S/C12H13N3S/c1-2-13-11-9-10(6-8-14-11)16-12-5-3-4-7-15-12/h3-9H,2H2,1H3,(H,13,14). The van der Waals surface area contributed by atoms with E-state index in [1.54, 1.807) is 18.0 Å². The van der Waals surface area contributed by atoms with Crippen LogP contribution < -0.4 is 5.32 Å². The quantitative estimate of drug-likeness (QED) is 0.877. The lowest BCUT2D eigenvalue weighted by atomic mass is 10.4. The molecule has 0 atom stereocenters. The maximum Gasteiger partial charge on any atom is 0.126 e. The van der Waals surface area contributed by atoms with Crippen LogP contribution in [0.4, 0.5) is 5.82 Å². The molecule has 2 aromatic heterocycles. The van der Waals surface area contributed by atoms with E-state index in [0.717, 1.165) is 22.3 Å². The minimum absolute atomic E-state index is 0.880. The fourth-order valence-electron chi connectivity index (χ4n) is 1.28. The Balaban J connectivity index is 2.12. The number of aromatic nitrogens is 2. The van der Waals surface area contributed by atoms with Gasteiger partial charge in [0.25, 0.3) is 0 Å². The van der Waals surface area contributed by atoms with Gasteiger partial charge in [0.05, 0.1) is 0 Å². The first-order valence-electron chi connectivity index (χ1n) is 5.17. The van der Waals surface area contributed by atoms with Gasteiger partial charge >= 0.3 is 0 Å². The van der Waals surface area contributed by atoms with Gasteiger partial charge < -0.3 is 5.32 Å². The molecule has 0 unspecified atom stereocenters. The van der Waals surface area contributed by atoms with Crippen LogP contribution in [0.5, 0.6) is 0 Å². The zero-order valence-corrected chi connectivity index (χ0v) is 9.87. The first-order chi connectivity index (χ1) is 7.88. The van der Waals surface area contributed by atoms with Gasteiger partial charge in [0.1, 0.15) is 10.8 Å². The number of hydrogen-bond donors (Lipinski definition) is 1. The van der Waals surface area contributed by atoms with Crippen LogP contribution >= 0.6 is 11.8 Å². The molecule has 0 saturated carbocycles. The zero-order valence-electron chi connectivity index (χ0n) is 9.05. The highest BCUT2D eigenvalue weighted by Crippen LogP contribution is 2.26. The molecule has 0 spiro atoms. The van der Waals surface area contributed by atoms with E-state index in [1.807, 2.05) is 36.5 Å². The topological polar surface area (TPSA) is 37.8 Å². The molecule has 0 radical (unpaired) electrons. The molecule has 0 fully saturated rings. The summed E-state index contributed by atoms with van der Waals surface area (Å²) in [5.74, 6) is 0.906. The summed E-state index contributed by atoms with van der Waals surface area (Å²) in [5.41, 5.74) is 0. The first kappa shape index (κ1) is 11.0. The van der Waals surface area contributed by atoms with Crippen LogP contribution in [0.15, 0.2) is 52.6 Å². The van der Waals surface area contributed by atoms with Gasteiger partial charge in [0, 0.05) is 23.8 Å². The molecule has 4 heteroatoms. The number of hydrogen-bond acceptors (Lipinski definition) is 4. The summed E-state index contributed by atoms with van der Waals surface area (Å²) in [7, 11) is 0. The Labute approximate surface area is 99.3 Å². The highest BCUT2D eigenvalue weighted by molar-refractivity contribution is 7.99. The molecule has 0 amide bonds. The lowest BCUT2D eigenvalue weighted by Gasteiger charge is -2.04. The number of pyridine rings is 2. The van der Waals surface area contributed by atoms with Gasteiger partial charge in [-0.25, -0.2) is 9.97 Å². The molecule has 2 heterocycles. The van der Waals surface area contributed by atoms with E-state index in [4.69, 9.17) is 0 Å². The van der Waals surface area contributed by atoms with Gasteiger partial charge in [-0.2, -0.15) is 0 Å². The van der Waals surface area contributed by atoms with E-state index >= 15 is 0 Å². The van der Waals surface area contributed by atoms with E-state index in [9.17, 15) is 0 Å². The lowest BCUT2D eigenvalue weighted by Crippen LogP contribution is -1.98. The Morgan fingerprint density at radius 1 is 1.19 bits per heavy atom. The Kier molecular flexibility index (Phi) is 3.77. The molecule has 16 heavy (non-hydrogen) atoms. The van der Waals surface area contributed by atoms with Crippen LogP contribution in [-0.2, 0) is 0 Å². The number of rotatable bonds is 4. The van der Waals surface area contributed by atoms with Crippen molar-refractivity contribution in [2.75, 3.05) is 11.9 Å². The van der Waals surface area contributed by atoms with Crippen molar-refractivity contribution in [3.05, 3.63) is 42.7 Å². The van der Waals surface area contributed by atoms with Crippen LogP contribution in [0.25, 0.3) is 0 Å². The minimum Gasteiger partial charge on any atom is -0.370 e. The summed E-state index contributed by atoms with van der Waals surface area (Å²) >= 11 is 1.64. The summed E-state index contributed by atoms with van der Waals surface area (Å²) in [4.78, 5) is 9.64. The first-order valence-corrected chi connectivity index (χ1v) is 5.99. The third-order valence-electron chi connectivity index (χ3n) is 1.95. The van der Waals surface area contributed by atoms with Gasteiger partial charge in [-0.3, -0.25) is 0 Å². The lowest BCUT2D eigenvalue weighted by molar-refractivity contribution is 1.12. The van der Waals surface area contributed by atoms with Gasteiger partial charge in [-0.1, -0.05) is 17.8 Å². The molecule has 0 aliphatic heterocycles. The zero-order chi connectivity index (χ0) is 11.2. The van der Waals surface area contributed by atoms with Crippen molar-refractivity contribution in [3.63, 3.8) is 0 Å². The molecule has 2 rings (SSSR count). The highest BCUT2D eigenvalue weighted by atomic mass is 32.2. The predicted octanol–water partition coefficient (Wildman–Crippen LogP) is 3.06. The second-order valence-electron chi connectivity index (χ2n) is 3.18. The molecule has 82 valence electrons. The maximum atomic E-state index is 4.27. The van der Waals surface area contributed by atoms with Gasteiger partial charge in [0.2, 0.25) is 0 Å². The fourth-order valence-corrected chi connectivity index (χ4v) is 2.08. The smallest absolute Gasteiger partial charge is 0.126 e. The van der Waals surface area contributed by atoms with Crippen molar-refractivity contribution in [2.24, 2.45) is 0 Å². The van der Waals surface area contributed by atoms with Gasteiger partial charge in [-0.15, -0.1) is 0 Å². The molecule has 0 aliphatic carbocycles. The molecule has 0 aromatic carbocycles. The Bertz CT molecular complexity index is 445. The second-order valence-corrected chi connectivity index (χ2v) is 4.27. The predicted molar refractivity (Wildman–Crippen MR) is 66.8 cm³/mol. The van der Waals surface area contributed by atoms with Crippen LogP contribution in [0.3, 0.4) is 0 Å². The van der Waals surface area contributed by atoms with Crippen molar-refractivity contribution in [1.82, 2.24) is 9.97 Å². The summed E-state index contributed by atoms with van der Waals surface area (Å²) < 4.78 is 0. The maximum absolute atomic E-state index is 4.27. The van der Waals surface area contributed by atoms with Crippen LogP contribution in [-0.4, -0.2) is 16.5 Å². The molecular weight excluding hydrogens is 218 g/mol. The van der Waals surface area contributed by atoms with E-state index in [2.05, 4.69) is 22.2 Å². The van der Waals surface area contributed by atoms with Gasteiger partial charge in [0.15, 0.2) is 0 Å². The fraction of sp³-hybridized carbons (Fsp3) is 0.167. The average Bonchev–Trinajstić information content (AvgIpc) is 2.31. The monoisotopic (exact) mass is 231 g/mol. The normalized spacial score (nSPS) is 10.1. The van der Waals surface area contributed by atoms with Crippen LogP contribution in [0, 0.1) is 0 Å². The van der Waals surface area contributed by atoms with Crippen LogP contribution in [0.2, 0.25) is 0 Å². The minimum atomic E-state index is 0.880. The third kappa shape index (κ3) is 2.97. The molecule has 3 nitrogen and oxygen atoms in total. The summed E-state index contributed by atoms with van der Waals surface area (Å²) in [6.07, 6.45) is 3.61. The molecule has 0 aliphatic rings. The summed E-state index contributed by atoms with van der Waals surface area (Å²) in [6.45, 7) is 2.94. The third-order valence-corrected chi connectivity index (χ3v) is 2.89. The Morgan fingerprint density at radius 2 is 2.12 bits per heavy atom. The molecule has 1 N–H and O–H groups in total. The van der Waals surface area contributed by atoms with Crippen molar-refractivity contribution in [2.45, 2.75) is 16.8 Å². The Hall–Kier alpha value is -1.55. The highest BCUT2D eigenvalue weighted by Gasteiger charge is 1.99. The van der Waals surface area contributed by atoms with E-state index in [1.165, 1.54) is 0 Å². The number of nitrogens with one attached hydrogen (secondary N) is 1. The van der Waals surface area contributed by atoms with E-state index < -0.39 is 0 Å². The molecule has 2 aromatic rings.